The van der Waals surface area contributed by atoms with Gasteiger partial charge in [-0.1, -0.05) is 36.4 Å². The monoisotopic (exact) mass is 539 g/mol. The molecule has 0 bridgehead atoms. The predicted octanol–water partition coefficient (Wildman–Crippen LogP) is 1.85. The highest BCUT2D eigenvalue weighted by Crippen LogP contribution is 2.29. The molecule has 3 aromatic rings. The molecule has 2 aliphatic rings. The van der Waals surface area contributed by atoms with Crippen molar-refractivity contribution in [2.24, 2.45) is 4.99 Å². The first-order valence-corrected chi connectivity index (χ1v) is 13.3. The third-order valence-electron chi connectivity index (χ3n) is 7.48. The SMILES string of the molecule is COC(=O)c1ccc2c(c1)=NC(=O)C=2C(Nc1ccc(N(C)C(=O)CN2CCN(C)CC2)cc1)c1ccccc1. The van der Waals surface area contributed by atoms with E-state index in [2.05, 4.69) is 27.2 Å². The second-order valence-electron chi connectivity index (χ2n) is 10.1. The van der Waals surface area contributed by atoms with Crippen LogP contribution in [0, 0.1) is 0 Å². The molecule has 3 aromatic carbocycles. The number of amides is 2. The van der Waals surface area contributed by atoms with Gasteiger partial charge in [0.1, 0.15) is 0 Å². The Morgan fingerprint density at radius 2 is 1.70 bits per heavy atom. The Balaban J connectivity index is 1.39. The summed E-state index contributed by atoms with van der Waals surface area (Å²) in [6, 6.07) is 21.8. The maximum atomic E-state index is 13.2. The first-order valence-electron chi connectivity index (χ1n) is 13.3. The van der Waals surface area contributed by atoms with Crippen LogP contribution in [0.15, 0.2) is 77.8 Å². The van der Waals surface area contributed by atoms with E-state index in [-0.39, 0.29) is 11.8 Å². The van der Waals surface area contributed by atoms with Crippen LogP contribution in [-0.4, -0.2) is 81.5 Å². The van der Waals surface area contributed by atoms with Crippen LogP contribution < -0.4 is 20.8 Å². The highest BCUT2D eigenvalue weighted by atomic mass is 16.5. The van der Waals surface area contributed by atoms with Crippen LogP contribution in [0.3, 0.4) is 0 Å². The van der Waals surface area contributed by atoms with E-state index >= 15 is 0 Å². The molecule has 1 atom stereocenters. The van der Waals surface area contributed by atoms with Gasteiger partial charge in [0.2, 0.25) is 5.91 Å². The molecule has 9 nitrogen and oxygen atoms in total. The Bertz CT molecular complexity index is 1530. The smallest absolute Gasteiger partial charge is 0.337 e. The Labute approximate surface area is 233 Å². The van der Waals surface area contributed by atoms with Crippen LogP contribution in [0.25, 0.3) is 5.57 Å². The normalized spacial score (nSPS) is 16.2. The number of hydrogen-bond donors (Lipinski definition) is 1. The Morgan fingerprint density at radius 3 is 2.38 bits per heavy atom. The summed E-state index contributed by atoms with van der Waals surface area (Å²) in [5.74, 6) is -0.794. The number of likely N-dealkylation sites (N-methyl/N-ethyl adjacent to an activating group) is 2. The maximum absolute atomic E-state index is 13.2. The number of piperazine rings is 1. The summed E-state index contributed by atoms with van der Waals surface area (Å²) < 4.78 is 4.82. The first kappa shape index (κ1) is 27.2. The third-order valence-corrected chi connectivity index (χ3v) is 7.48. The van der Waals surface area contributed by atoms with Crippen LogP contribution in [0.2, 0.25) is 0 Å². The number of rotatable bonds is 8. The van der Waals surface area contributed by atoms with Gasteiger partial charge in [0.15, 0.2) is 0 Å². The predicted molar refractivity (Wildman–Crippen MR) is 154 cm³/mol. The molecular weight excluding hydrogens is 506 g/mol. The summed E-state index contributed by atoms with van der Waals surface area (Å²) in [5, 5.41) is 4.61. The van der Waals surface area contributed by atoms with Crippen molar-refractivity contribution < 1.29 is 19.1 Å². The van der Waals surface area contributed by atoms with E-state index < -0.39 is 12.0 Å². The molecule has 5 rings (SSSR count). The minimum atomic E-state index is -0.483. The van der Waals surface area contributed by atoms with E-state index in [1.165, 1.54) is 7.11 Å². The van der Waals surface area contributed by atoms with E-state index in [1.54, 1.807) is 30.1 Å². The molecule has 2 amide bonds. The molecule has 0 spiro atoms. The van der Waals surface area contributed by atoms with Crippen LogP contribution in [0.5, 0.6) is 0 Å². The van der Waals surface area contributed by atoms with Crippen molar-refractivity contribution in [1.82, 2.24) is 9.80 Å². The number of nitrogens with one attached hydrogen (secondary N) is 1. The van der Waals surface area contributed by atoms with Crippen molar-refractivity contribution in [2.75, 3.05) is 64.1 Å². The van der Waals surface area contributed by atoms with Gasteiger partial charge in [0, 0.05) is 49.8 Å². The zero-order valence-corrected chi connectivity index (χ0v) is 23.0. The summed E-state index contributed by atoms with van der Waals surface area (Å²) in [6.07, 6.45) is 0. The van der Waals surface area contributed by atoms with E-state index in [1.807, 2.05) is 54.6 Å². The number of benzene rings is 3. The minimum absolute atomic E-state index is 0.0454. The van der Waals surface area contributed by atoms with Crippen molar-refractivity contribution in [3.8, 4) is 0 Å². The fourth-order valence-electron chi connectivity index (χ4n) is 5.02. The van der Waals surface area contributed by atoms with E-state index in [9.17, 15) is 14.4 Å². The van der Waals surface area contributed by atoms with Crippen molar-refractivity contribution >= 4 is 34.7 Å². The quantitative estimate of drug-likeness (QED) is 0.437. The van der Waals surface area contributed by atoms with Crippen LogP contribution >= 0.6 is 0 Å². The zero-order valence-electron chi connectivity index (χ0n) is 23.0. The molecule has 0 saturated carbocycles. The van der Waals surface area contributed by atoms with Gasteiger partial charge in [-0.05, 0) is 49.0 Å². The standard InChI is InChI=1S/C31H33N5O4/c1-34-15-17-36(18-16-34)20-27(37)35(2)24-12-10-23(11-13-24)32-29(21-7-5-4-6-8-21)28-25-14-9-22(31(39)40-3)19-26(25)33-30(28)38/h4-14,19,29,32H,15-18,20H2,1-3H3. The number of hydrogen-bond acceptors (Lipinski definition) is 7. The lowest BCUT2D eigenvalue weighted by molar-refractivity contribution is -0.119. The third kappa shape index (κ3) is 5.80. The molecule has 206 valence electrons. The Hall–Kier alpha value is -4.34. The molecule has 40 heavy (non-hydrogen) atoms. The van der Waals surface area contributed by atoms with E-state index in [0.717, 1.165) is 43.1 Å². The summed E-state index contributed by atoms with van der Waals surface area (Å²) in [6.45, 7) is 4.09. The Morgan fingerprint density at radius 1 is 1.00 bits per heavy atom. The molecule has 0 aromatic heterocycles. The molecule has 1 fully saturated rings. The van der Waals surface area contributed by atoms with Gasteiger partial charge >= 0.3 is 5.97 Å². The van der Waals surface area contributed by atoms with Gasteiger partial charge in [-0.25, -0.2) is 9.79 Å². The lowest BCUT2D eigenvalue weighted by Crippen LogP contribution is -2.48. The number of methoxy groups -OCH3 is 1. The van der Waals surface area contributed by atoms with Crippen molar-refractivity contribution in [1.29, 1.82) is 0 Å². The van der Waals surface area contributed by atoms with Crippen LogP contribution in [-0.2, 0) is 14.3 Å². The number of nitrogens with zero attached hydrogens (tertiary/aromatic N) is 4. The van der Waals surface area contributed by atoms with Crippen molar-refractivity contribution in [3.05, 3.63) is 94.5 Å². The molecule has 0 aliphatic carbocycles. The molecule has 1 saturated heterocycles. The fourth-order valence-corrected chi connectivity index (χ4v) is 5.02. The number of esters is 1. The average molecular weight is 540 g/mol. The summed E-state index contributed by atoms with van der Waals surface area (Å²) >= 11 is 0. The number of anilines is 2. The molecule has 0 radical (unpaired) electrons. The van der Waals surface area contributed by atoms with Crippen molar-refractivity contribution in [3.63, 3.8) is 0 Å². The van der Waals surface area contributed by atoms with Gasteiger partial charge in [0.25, 0.3) is 5.91 Å². The van der Waals surface area contributed by atoms with Gasteiger partial charge in [-0.2, -0.15) is 0 Å². The molecule has 1 N–H and O–H groups in total. The average Bonchev–Trinajstić information content (AvgIpc) is 3.31. The highest BCUT2D eigenvalue weighted by molar-refractivity contribution is 6.17. The van der Waals surface area contributed by atoms with E-state index in [4.69, 9.17) is 4.74 Å². The summed E-state index contributed by atoms with van der Waals surface area (Å²) in [4.78, 5) is 48.5. The minimum Gasteiger partial charge on any atom is -0.465 e. The second-order valence-corrected chi connectivity index (χ2v) is 10.1. The van der Waals surface area contributed by atoms with Crippen LogP contribution in [0.1, 0.15) is 22.0 Å². The van der Waals surface area contributed by atoms with Gasteiger partial charge < -0.3 is 19.9 Å². The highest BCUT2D eigenvalue weighted by Gasteiger charge is 2.28. The molecule has 1 unspecified atom stereocenters. The molecule has 2 aliphatic heterocycles. The molecular formula is C31H33N5O4. The lowest BCUT2D eigenvalue weighted by atomic mass is 9.96. The van der Waals surface area contributed by atoms with Gasteiger partial charge in [-0.15, -0.1) is 0 Å². The topological polar surface area (TPSA) is 94.5 Å². The van der Waals surface area contributed by atoms with Gasteiger partial charge in [-0.3, -0.25) is 14.5 Å². The van der Waals surface area contributed by atoms with Crippen LogP contribution in [0.4, 0.5) is 11.4 Å². The van der Waals surface area contributed by atoms with E-state index in [0.29, 0.717) is 28.3 Å². The maximum Gasteiger partial charge on any atom is 0.337 e. The summed E-state index contributed by atoms with van der Waals surface area (Å²) in [7, 11) is 5.21. The number of carbonyl (C=O) groups is 3. The van der Waals surface area contributed by atoms with Crippen molar-refractivity contribution in [2.45, 2.75) is 6.04 Å². The second kappa shape index (κ2) is 11.8. The molecule has 2 heterocycles. The number of fused-ring (bicyclic) bond motifs is 1. The lowest BCUT2D eigenvalue weighted by Gasteiger charge is -2.32. The number of carbonyl (C=O) groups excluding carboxylic acids is 3. The summed E-state index contributed by atoms with van der Waals surface area (Å²) in [5.41, 5.74) is 3.32. The first-order chi connectivity index (χ1) is 19.3. The molecule has 9 heteroatoms. The zero-order chi connectivity index (χ0) is 28.2. The fraction of sp³-hybridized carbons (Fsp3) is 0.290. The Kier molecular flexibility index (Phi) is 8.04. The van der Waals surface area contributed by atoms with Gasteiger partial charge in [0.05, 0.1) is 36.2 Å². The number of ether oxygens (including phenoxy) is 1. The largest absolute Gasteiger partial charge is 0.465 e.